The van der Waals surface area contributed by atoms with Crippen LogP contribution in [0.1, 0.15) is 26.3 Å². The van der Waals surface area contributed by atoms with Crippen molar-refractivity contribution in [3.63, 3.8) is 0 Å². The van der Waals surface area contributed by atoms with Crippen molar-refractivity contribution in [3.8, 4) is 5.75 Å². The highest BCUT2D eigenvalue weighted by Gasteiger charge is 2.18. The second kappa shape index (κ2) is 8.23. The lowest BCUT2D eigenvalue weighted by Gasteiger charge is -2.18. The van der Waals surface area contributed by atoms with Gasteiger partial charge in [-0.05, 0) is 55.5 Å². The van der Waals surface area contributed by atoms with Gasteiger partial charge in [0.05, 0.1) is 5.02 Å². The number of esters is 1. The minimum absolute atomic E-state index is 0.0231. The molecule has 0 heterocycles. The van der Waals surface area contributed by atoms with Crippen molar-refractivity contribution in [3.05, 3.63) is 94.3 Å². The van der Waals surface area contributed by atoms with Gasteiger partial charge in [0, 0.05) is 18.3 Å². The average molecular weight is 398 g/mol. The van der Waals surface area contributed by atoms with Gasteiger partial charge >= 0.3 is 5.97 Å². The molecule has 142 valence electrons. The van der Waals surface area contributed by atoms with E-state index in [2.05, 4.69) is 0 Å². The molecule has 3 aromatic rings. The molecule has 1 amide bonds. The number of rotatable bonds is 4. The number of amides is 1. The van der Waals surface area contributed by atoms with Crippen molar-refractivity contribution in [2.45, 2.75) is 6.92 Å². The zero-order valence-electron chi connectivity index (χ0n) is 15.3. The zero-order chi connectivity index (χ0) is 20.3. The molecule has 0 saturated carbocycles. The number of aryl methyl sites for hydroxylation is 1. The summed E-state index contributed by atoms with van der Waals surface area (Å²) in [6.45, 7) is 1.95. The van der Waals surface area contributed by atoms with Gasteiger partial charge in [-0.1, -0.05) is 35.4 Å². The molecule has 0 bridgehead atoms. The number of halogens is 2. The van der Waals surface area contributed by atoms with Gasteiger partial charge in [-0.2, -0.15) is 0 Å². The number of hydrogen-bond acceptors (Lipinski definition) is 3. The number of carbonyl (C=O) groups is 2. The quantitative estimate of drug-likeness (QED) is 0.444. The summed E-state index contributed by atoms with van der Waals surface area (Å²) in [5.41, 5.74) is 1.94. The molecule has 0 aliphatic rings. The fraction of sp³-hybridized carbons (Fsp3) is 0.0909. The Hall–Kier alpha value is -3.18. The van der Waals surface area contributed by atoms with E-state index in [1.165, 1.54) is 29.2 Å². The number of nitrogens with zero attached hydrogens (tertiary/aromatic N) is 1. The molecule has 0 unspecified atom stereocenters. The van der Waals surface area contributed by atoms with Crippen LogP contribution in [0.2, 0.25) is 5.02 Å². The number of anilines is 1. The van der Waals surface area contributed by atoms with E-state index in [1.54, 1.807) is 31.3 Å². The van der Waals surface area contributed by atoms with E-state index in [0.717, 1.165) is 11.6 Å². The molecule has 0 N–H and O–H groups in total. The van der Waals surface area contributed by atoms with E-state index in [9.17, 15) is 14.0 Å². The molecule has 0 spiro atoms. The maximum absolute atomic E-state index is 13.8. The Morgan fingerprint density at radius 3 is 2.21 bits per heavy atom. The summed E-state index contributed by atoms with van der Waals surface area (Å²) in [5, 5.41) is -0.0231. The molecular formula is C22H17ClFNO3. The van der Waals surface area contributed by atoms with E-state index in [-0.39, 0.29) is 22.2 Å². The monoisotopic (exact) mass is 397 g/mol. The third kappa shape index (κ3) is 4.21. The maximum atomic E-state index is 13.8. The van der Waals surface area contributed by atoms with Gasteiger partial charge in [0.15, 0.2) is 0 Å². The third-order valence-electron chi connectivity index (χ3n) is 4.20. The third-order valence-corrected chi connectivity index (χ3v) is 4.52. The number of ether oxygens (including phenoxy) is 1. The van der Waals surface area contributed by atoms with Gasteiger partial charge in [0.25, 0.3) is 5.91 Å². The molecule has 0 atom stereocenters. The lowest BCUT2D eigenvalue weighted by Crippen LogP contribution is -2.26. The largest absolute Gasteiger partial charge is 0.423 e. The minimum Gasteiger partial charge on any atom is -0.423 e. The summed E-state index contributed by atoms with van der Waals surface area (Å²) < 4.78 is 19.0. The molecule has 0 aromatic heterocycles. The molecule has 0 aliphatic heterocycles. The Morgan fingerprint density at radius 2 is 1.61 bits per heavy atom. The van der Waals surface area contributed by atoms with Crippen LogP contribution in [0, 0.1) is 12.7 Å². The first-order valence-electron chi connectivity index (χ1n) is 8.48. The van der Waals surface area contributed by atoms with Crippen LogP contribution in [0.4, 0.5) is 10.1 Å². The van der Waals surface area contributed by atoms with Gasteiger partial charge in [-0.15, -0.1) is 0 Å². The van der Waals surface area contributed by atoms with Gasteiger partial charge < -0.3 is 9.64 Å². The van der Waals surface area contributed by atoms with E-state index < -0.39 is 11.8 Å². The number of carbonyl (C=O) groups excluding carboxylic acids is 2. The highest BCUT2D eigenvalue weighted by Crippen LogP contribution is 2.24. The summed E-state index contributed by atoms with van der Waals surface area (Å²) in [5.74, 6) is -1.59. The topological polar surface area (TPSA) is 46.6 Å². The Labute approximate surface area is 167 Å². The Balaban J connectivity index is 1.73. The van der Waals surface area contributed by atoms with Gasteiger partial charge in [-0.25, -0.2) is 9.18 Å². The van der Waals surface area contributed by atoms with Crippen molar-refractivity contribution in [1.82, 2.24) is 0 Å². The van der Waals surface area contributed by atoms with Crippen molar-refractivity contribution in [2.75, 3.05) is 11.9 Å². The van der Waals surface area contributed by atoms with Gasteiger partial charge in [0.1, 0.15) is 17.1 Å². The first-order chi connectivity index (χ1) is 13.4. The number of benzene rings is 3. The van der Waals surface area contributed by atoms with Crippen LogP contribution in [-0.4, -0.2) is 18.9 Å². The second-order valence-electron chi connectivity index (χ2n) is 6.21. The molecule has 28 heavy (non-hydrogen) atoms. The molecule has 4 nitrogen and oxygen atoms in total. The van der Waals surface area contributed by atoms with Gasteiger partial charge in [-0.3, -0.25) is 4.79 Å². The van der Waals surface area contributed by atoms with Crippen molar-refractivity contribution in [2.24, 2.45) is 0 Å². The molecule has 3 aromatic carbocycles. The molecule has 0 radical (unpaired) electrons. The van der Waals surface area contributed by atoms with Crippen LogP contribution in [-0.2, 0) is 0 Å². The molecule has 0 aliphatic carbocycles. The lowest BCUT2D eigenvalue weighted by molar-refractivity contribution is 0.0729. The predicted molar refractivity (Wildman–Crippen MR) is 107 cm³/mol. The normalized spacial score (nSPS) is 10.4. The Kier molecular flexibility index (Phi) is 5.76. The van der Waals surface area contributed by atoms with Crippen LogP contribution >= 0.6 is 11.6 Å². The lowest BCUT2D eigenvalue weighted by atomic mass is 10.1. The van der Waals surface area contributed by atoms with Crippen LogP contribution in [0.25, 0.3) is 0 Å². The highest BCUT2D eigenvalue weighted by atomic mass is 35.5. The Morgan fingerprint density at radius 1 is 0.964 bits per heavy atom. The van der Waals surface area contributed by atoms with E-state index >= 15 is 0 Å². The van der Waals surface area contributed by atoms with Crippen LogP contribution in [0.15, 0.2) is 66.7 Å². The molecule has 0 fully saturated rings. The predicted octanol–water partition coefficient (Wildman–Crippen LogP) is 5.28. The van der Waals surface area contributed by atoms with Crippen molar-refractivity contribution in [1.29, 1.82) is 0 Å². The van der Waals surface area contributed by atoms with E-state index in [0.29, 0.717) is 11.3 Å². The highest BCUT2D eigenvalue weighted by molar-refractivity contribution is 6.33. The summed E-state index contributed by atoms with van der Waals surface area (Å²) in [7, 11) is 1.66. The first-order valence-corrected chi connectivity index (χ1v) is 8.85. The molecule has 3 rings (SSSR count). The van der Waals surface area contributed by atoms with Crippen LogP contribution < -0.4 is 9.64 Å². The summed E-state index contributed by atoms with van der Waals surface area (Å²) in [4.78, 5) is 26.2. The van der Waals surface area contributed by atoms with Crippen molar-refractivity contribution < 1.29 is 18.7 Å². The molecule has 6 heteroatoms. The average Bonchev–Trinajstić information content (AvgIpc) is 2.68. The van der Waals surface area contributed by atoms with E-state index in [1.807, 2.05) is 19.1 Å². The smallest absolute Gasteiger partial charge is 0.348 e. The zero-order valence-corrected chi connectivity index (χ0v) is 16.0. The standard InChI is InChI=1S/C22H17ClFNO3/c1-14-6-8-15(9-7-14)21(26)25(2)16-10-12-17(13-11-16)28-22(27)20-18(23)4-3-5-19(20)24/h3-13H,1-2H3. The molecular weight excluding hydrogens is 381 g/mol. The van der Waals surface area contributed by atoms with Crippen LogP contribution in [0.3, 0.4) is 0 Å². The summed E-state index contributed by atoms with van der Waals surface area (Å²) in [6, 6.07) is 17.6. The number of hydrogen-bond donors (Lipinski definition) is 0. The van der Waals surface area contributed by atoms with Gasteiger partial charge in [0.2, 0.25) is 0 Å². The summed E-state index contributed by atoms with van der Waals surface area (Å²) >= 11 is 5.88. The fourth-order valence-electron chi connectivity index (χ4n) is 2.60. The van der Waals surface area contributed by atoms with Crippen LogP contribution in [0.5, 0.6) is 5.75 Å². The Bertz CT molecular complexity index is 997. The van der Waals surface area contributed by atoms with Crippen molar-refractivity contribution >= 4 is 29.2 Å². The summed E-state index contributed by atoms with van der Waals surface area (Å²) in [6.07, 6.45) is 0. The SMILES string of the molecule is Cc1ccc(C(=O)N(C)c2ccc(OC(=O)c3c(F)cccc3Cl)cc2)cc1. The van der Waals surface area contributed by atoms with E-state index in [4.69, 9.17) is 16.3 Å². The fourth-order valence-corrected chi connectivity index (χ4v) is 2.84. The minimum atomic E-state index is -0.889. The molecule has 0 saturated heterocycles. The maximum Gasteiger partial charge on any atom is 0.348 e. The first kappa shape index (κ1) is 19.6. The second-order valence-corrected chi connectivity index (χ2v) is 6.62.